The molecule has 210 valence electrons. The van der Waals surface area contributed by atoms with Crippen LogP contribution in [0.25, 0.3) is 57.1 Å². The maximum absolute atomic E-state index is 6.52. The molecule has 0 amide bonds. The third-order valence-corrected chi connectivity index (χ3v) is 11.0. The van der Waals surface area contributed by atoms with Gasteiger partial charge in [-0.3, -0.25) is 0 Å². The third-order valence-electron chi connectivity index (χ3n) is 8.48. The van der Waals surface area contributed by atoms with Crippen LogP contribution in [0.5, 0.6) is 0 Å². The van der Waals surface area contributed by atoms with Crippen LogP contribution in [0.1, 0.15) is 5.56 Å². The van der Waals surface area contributed by atoms with Crippen molar-refractivity contribution in [3.05, 3.63) is 144 Å². The van der Waals surface area contributed by atoms with Gasteiger partial charge in [-0.2, -0.15) is 0 Å². The number of nitrogens with zero attached hydrogens (tertiary/aromatic N) is 2. The fourth-order valence-electron chi connectivity index (χ4n) is 6.51. The Labute approximate surface area is 267 Å². The molecule has 5 heteroatoms. The molecule has 0 spiro atoms. The van der Waals surface area contributed by atoms with Crippen molar-refractivity contribution in [2.24, 2.45) is 0 Å². The van der Waals surface area contributed by atoms with E-state index in [0.29, 0.717) is 0 Å². The molecule has 0 unspecified atom stereocenters. The lowest BCUT2D eigenvalue weighted by molar-refractivity contribution is 1.19. The van der Waals surface area contributed by atoms with E-state index in [4.69, 9.17) is 11.6 Å². The minimum absolute atomic E-state index is 0.761. The zero-order valence-electron chi connectivity index (χ0n) is 23.8. The number of fused-ring (bicyclic) bond motifs is 8. The first-order valence-corrected chi connectivity index (χ1v) is 16.6. The monoisotopic (exact) mass is 620 g/mol. The van der Waals surface area contributed by atoms with E-state index in [-0.39, 0.29) is 0 Å². The largest absolute Gasteiger partial charge is 0.310 e. The van der Waals surface area contributed by atoms with E-state index in [1.54, 1.807) is 0 Å². The van der Waals surface area contributed by atoms with Crippen LogP contribution in [0, 0.1) is 6.92 Å². The average Bonchev–Trinajstić information content (AvgIpc) is 3.69. The summed E-state index contributed by atoms with van der Waals surface area (Å²) >= 11 is 10.2. The maximum atomic E-state index is 6.52. The molecule has 0 atom stereocenters. The van der Waals surface area contributed by atoms with Crippen LogP contribution in [0.2, 0.25) is 5.02 Å². The number of aromatic nitrogens is 1. The summed E-state index contributed by atoms with van der Waals surface area (Å²) in [6, 6.07) is 48.1. The molecule has 6 aromatic carbocycles. The van der Waals surface area contributed by atoms with Crippen LogP contribution in [-0.2, 0) is 0 Å². The first-order valence-electron chi connectivity index (χ1n) is 14.6. The van der Waals surface area contributed by atoms with E-state index >= 15 is 0 Å². The highest BCUT2D eigenvalue weighted by Crippen LogP contribution is 2.46. The number of benzene rings is 6. The Morgan fingerprint density at radius 2 is 1.23 bits per heavy atom. The molecule has 3 aromatic heterocycles. The Morgan fingerprint density at radius 3 is 2.02 bits per heavy atom. The van der Waals surface area contributed by atoms with E-state index in [1.807, 2.05) is 28.7 Å². The van der Waals surface area contributed by atoms with Gasteiger partial charge in [0.25, 0.3) is 0 Å². The van der Waals surface area contributed by atoms with Crippen molar-refractivity contribution in [3.8, 4) is 5.69 Å². The van der Waals surface area contributed by atoms with Crippen LogP contribution in [0.3, 0.4) is 0 Å². The lowest BCUT2D eigenvalue weighted by Crippen LogP contribution is -2.09. The van der Waals surface area contributed by atoms with Crippen LogP contribution in [0.15, 0.2) is 133 Å². The SMILES string of the molecule is Cc1ccc2c(c1)sc1cc(N(c3ccccc3)c3ccc4c5c6cc(Cl)ccc6sc5n(-c5ccccc5)c4c3)ccc12. The predicted molar refractivity (Wildman–Crippen MR) is 193 cm³/mol. The highest BCUT2D eigenvalue weighted by atomic mass is 35.5. The van der Waals surface area contributed by atoms with Gasteiger partial charge in [-0.05, 0) is 85.3 Å². The number of rotatable bonds is 4. The molecule has 3 heterocycles. The molecule has 0 aliphatic heterocycles. The summed E-state index contributed by atoms with van der Waals surface area (Å²) in [7, 11) is 0. The molecule has 0 bridgehead atoms. The predicted octanol–water partition coefficient (Wildman–Crippen LogP) is 12.8. The fraction of sp³-hybridized carbons (Fsp3) is 0.0256. The molecule has 44 heavy (non-hydrogen) atoms. The quantitative estimate of drug-likeness (QED) is 0.190. The number of thiophene rings is 2. The molecule has 0 N–H and O–H groups in total. The Bertz CT molecular complexity index is 2520. The molecule has 0 fully saturated rings. The average molecular weight is 621 g/mol. The molecule has 0 aliphatic rings. The summed E-state index contributed by atoms with van der Waals surface area (Å²) in [4.78, 5) is 3.61. The Morgan fingerprint density at radius 1 is 0.545 bits per heavy atom. The number of hydrogen-bond acceptors (Lipinski definition) is 3. The topological polar surface area (TPSA) is 8.17 Å². The second kappa shape index (κ2) is 9.96. The summed E-state index contributed by atoms with van der Waals surface area (Å²) in [5, 5.41) is 7.08. The smallest absolute Gasteiger partial charge is 0.109 e. The highest BCUT2D eigenvalue weighted by Gasteiger charge is 2.21. The molecule has 0 radical (unpaired) electrons. The molecule has 0 saturated carbocycles. The number of halogens is 1. The van der Waals surface area contributed by atoms with Gasteiger partial charge in [-0.1, -0.05) is 72.3 Å². The minimum atomic E-state index is 0.761. The number of hydrogen-bond donors (Lipinski definition) is 0. The van der Waals surface area contributed by atoms with E-state index in [1.165, 1.54) is 56.9 Å². The van der Waals surface area contributed by atoms with Crippen molar-refractivity contribution in [2.45, 2.75) is 6.92 Å². The van der Waals surface area contributed by atoms with E-state index in [9.17, 15) is 0 Å². The molecular weight excluding hydrogens is 596 g/mol. The Balaban J connectivity index is 1.31. The van der Waals surface area contributed by atoms with Crippen molar-refractivity contribution in [3.63, 3.8) is 0 Å². The summed E-state index contributed by atoms with van der Waals surface area (Å²) in [6.45, 7) is 2.16. The van der Waals surface area contributed by atoms with Gasteiger partial charge in [-0.25, -0.2) is 0 Å². The van der Waals surface area contributed by atoms with Crippen LogP contribution < -0.4 is 4.90 Å². The van der Waals surface area contributed by atoms with E-state index in [2.05, 4.69) is 144 Å². The van der Waals surface area contributed by atoms with Crippen molar-refractivity contribution < 1.29 is 0 Å². The zero-order valence-corrected chi connectivity index (χ0v) is 26.2. The molecular formula is C39H25ClN2S2. The van der Waals surface area contributed by atoms with Gasteiger partial charge in [0.05, 0.1) is 5.52 Å². The first-order chi connectivity index (χ1) is 21.6. The Kier molecular flexibility index (Phi) is 5.85. The zero-order chi connectivity index (χ0) is 29.4. The standard InChI is InChI=1S/C39H25ClN2S2/c1-24-12-16-30-31-17-14-29(23-37(31)43-36(30)20-24)41(26-8-4-2-5-9-26)28-15-18-32-34(22-28)42(27-10-6-3-7-11-27)39-38(32)33-21-25(40)13-19-35(33)44-39/h2-23H,1H3. The maximum Gasteiger partial charge on any atom is 0.109 e. The second-order valence-corrected chi connectivity index (χ2v) is 13.8. The number of para-hydroxylation sites is 2. The molecule has 2 nitrogen and oxygen atoms in total. The van der Waals surface area contributed by atoms with Crippen LogP contribution >= 0.6 is 34.3 Å². The van der Waals surface area contributed by atoms with Crippen molar-refractivity contribution in [2.75, 3.05) is 4.90 Å². The molecule has 0 saturated heterocycles. The van der Waals surface area contributed by atoms with E-state index in [0.717, 1.165) is 27.8 Å². The van der Waals surface area contributed by atoms with Gasteiger partial charge < -0.3 is 9.47 Å². The van der Waals surface area contributed by atoms with Gasteiger partial charge in [0.1, 0.15) is 4.83 Å². The normalized spacial score (nSPS) is 11.9. The Hall–Kier alpha value is -4.61. The van der Waals surface area contributed by atoms with Crippen LogP contribution in [-0.4, -0.2) is 4.57 Å². The van der Waals surface area contributed by atoms with Crippen molar-refractivity contribution >= 4 is 103 Å². The summed E-state index contributed by atoms with van der Waals surface area (Å²) in [6.07, 6.45) is 0. The van der Waals surface area contributed by atoms with Gasteiger partial charge in [0, 0.05) is 68.8 Å². The van der Waals surface area contributed by atoms with Gasteiger partial charge in [0.15, 0.2) is 0 Å². The minimum Gasteiger partial charge on any atom is -0.310 e. The fourth-order valence-corrected chi connectivity index (χ4v) is 9.15. The van der Waals surface area contributed by atoms with E-state index < -0.39 is 0 Å². The van der Waals surface area contributed by atoms with Gasteiger partial charge in [-0.15, -0.1) is 22.7 Å². The summed E-state index contributed by atoms with van der Waals surface area (Å²) in [5.74, 6) is 0. The molecule has 9 rings (SSSR count). The first kappa shape index (κ1) is 25.8. The van der Waals surface area contributed by atoms with Crippen molar-refractivity contribution in [1.82, 2.24) is 4.57 Å². The lowest BCUT2D eigenvalue weighted by atomic mass is 10.1. The number of aryl methyl sites for hydroxylation is 1. The van der Waals surface area contributed by atoms with Gasteiger partial charge in [0.2, 0.25) is 0 Å². The molecule has 9 aromatic rings. The highest BCUT2D eigenvalue weighted by molar-refractivity contribution is 7.26. The lowest BCUT2D eigenvalue weighted by Gasteiger charge is -2.26. The van der Waals surface area contributed by atoms with Crippen molar-refractivity contribution in [1.29, 1.82) is 0 Å². The third kappa shape index (κ3) is 3.99. The summed E-state index contributed by atoms with van der Waals surface area (Å²) in [5.41, 5.74) is 7.00. The molecule has 0 aliphatic carbocycles. The van der Waals surface area contributed by atoms with Gasteiger partial charge >= 0.3 is 0 Å². The van der Waals surface area contributed by atoms with Crippen LogP contribution in [0.4, 0.5) is 17.1 Å². The second-order valence-electron chi connectivity index (χ2n) is 11.2. The number of anilines is 3. The summed E-state index contributed by atoms with van der Waals surface area (Å²) < 4.78 is 6.28.